The molecule has 0 bridgehead atoms. The van der Waals surface area contributed by atoms with Gasteiger partial charge in [-0.3, -0.25) is 4.79 Å². The molecule has 0 aliphatic carbocycles. The highest BCUT2D eigenvalue weighted by Gasteiger charge is 2.31. The van der Waals surface area contributed by atoms with Crippen molar-refractivity contribution in [3.05, 3.63) is 89.2 Å². The van der Waals surface area contributed by atoms with Gasteiger partial charge in [0.25, 0.3) is 5.91 Å². The average Bonchev–Trinajstić information content (AvgIpc) is 3.02. The van der Waals surface area contributed by atoms with Gasteiger partial charge in [0, 0.05) is 18.3 Å². The number of para-hydroxylation sites is 1. The molecule has 1 amide bonds. The zero-order valence-electron chi connectivity index (χ0n) is 15.6. The van der Waals surface area contributed by atoms with Gasteiger partial charge in [0.05, 0.1) is 11.9 Å². The molecule has 27 heavy (non-hydrogen) atoms. The van der Waals surface area contributed by atoms with E-state index in [1.165, 1.54) is 16.7 Å². The minimum Gasteiger partial charge on any atom is -0.380 e. The molecule has 2 heterocycles. The van der Waals surface area contributed by atoms with Crippen molar-refractivity contribution in [1.29, 1.82) is 0 Å². The number of nitrogens with zero attached hydrogens (tertiary/aromatic N) is 2. The van der Waals surface area contributed by atoms with E-state index in [2.05, 4.69) is 54.5 Å². The SMILES string of the molecule is Cc1cccc(CNc2ccc(C(=O)N3c4ccccc4CC3C)nc2)c1. The molecule has 1 aliphatic heterocycles. The van der Waals surface area contributed by atoms with Gasteiger partial charge in [-0.05, 0) is 49.6 Å². The van der Waals surface area contributed by atoms with Crippen molar-refractivity contribution >= 4 is 17.3 Å². The van der Waals surface area contributed by atoms with Gasteiger partial charge in [-0.25, -0.2) is 4.98 Å². The molecule has 4 rings (SSSR count). The fourth-order valence-corrected chi connectivity index (χ4v) is 3.65. The van der Waals surface area contributed by atoms with E-state index in [1.807, 2.05) is 29.2 Å². The van der Waals surface area contributed by atoms with Gasteiger partial charge in [0.1, 0.15) is 5.69 Å². The minimum absolute atomic E-state index is 0.0438. The van der Waals surface area contributed by atoms with E-state index in [9.17, 15) is 4.79 Å². The van der Waals surface area contributed by atoms with Crippen molar-refractivity contribution in [2.45, 2.75) is 32.9 Å². The number of carbonyl (C=O) groups is 1. The number of pyridine rings is 1. The van der Waals surface area contributed by atoms with E-state index in [4.69, 9.17) is 0 Å². The van der Waals surface area contributed by atoms with Gasteiger partial charge in [-0.2, -0.15) is 0 Å². The summed E-state index contributed by atoms with van der Waals surface area (Å²) < 4.78 is 0. The summed E-state index contributed by atoms with van der Waals surface area (Å²) in [7, 11) is 0. The molecule has 0 saturated heterocycles. The van der Waals surface area contributed by atoms with E-state index in [0.29, 0.717) is 5.69 Å². The summed E-state index contributed by atoms with van der Waals surface area (Å²) in [6.45, 7) is 4.89. The van der Waals surface area contributed by atoms with E-state index in [-0.39, 0.29) is 11.9 Å². The lowest BCUT2D eigenvalue weighted by atomic mass is 10.1. The van der Waals surface area contributed by atoms with Gasteiger partial charge < -0.3 is 10.2 Å². The first-order valence-corrected chi connectivity index (χ1v) is 9.29. The third kappa shape index (κ3) is 3.56. The summed E-state index contributed by atoms with van der Waals surface area (Å²) in [5.41, 5.74) is 6.06. The van der Waals surface area contributed by atoms with E-state index in [0.717, 1.165) is 24.3 Å². The molecule has 0 saturated carbocycles. The number of benzene rings is 2. The molecule has 1 aromatic heterocycles. The molecule has 4 heteroatoms. The molecule has 2 aromatic carbocycles. The van der Waals surface area contributed by atoms with Crippen molar-refractivity contribution in [1.82, 2.24) is 4.98 Å². The Morgan fingerprint density at radius 2 is 2.00 bits per heavy atom. The third-order valence-electron chi connectivity index (χ3n) is 4.99. The van der Waals surface area contributed by atoms with Crippen LogP contribution in [0.1, 0.15) is 34.1 Å². The van der Waals surface area contributed by atoms with Crippen molar-refractivity contribution in [3.8, 4) is 0 Å². The fraction of sp³-hybridized carbons (Fsp3) is 0.217. The zero-order chi connectivity index (χ0) is 18.8. The number of aryl methyl sites for hydroxylation is 1. The van der Waals surface area contributed by atoms with Crippen molar-refractivity contribution < 1.29 is 4.79 Å². The number of anilines is 2. The standard InChI is InChI=1S/C23H23N3O/c1-16-6-5-7-18(12-16)14-24-20-10-11-21(25-15-20)23(27)26-17(2)13-19-8-3-4-9-22(19)26/h3-12,15,17,24H,13-14H2,1-2H3. The molecule has 1 N–H and O–H groups in total. The Kier molecular flexibility index (Phi) is 4.63. The maximum atomic E-state index is 13.0. The lowest BCUT2D eigenvalue weighted by Gasteiger charge is -2.22. The Morgan fingerprint density at radius 3 is 2.78 bits per heavy atom. The minimum atomic E-state index is -0.0438. The first-order valence-electron chi connectivity index (χ1n) is 9.29. The average molecular weight is 357 g/mol. The second kappa shape index (κ2) is 7.23. The van der Waals surface area contributed by atoms with E-state index >= 15 is 0 Å². The largest absolute Gasteiger partial charge is 0.380 e. The van der Waals surface area contributed by atoms with Crippen LogP contribution in [0.4, 0.5) is 11.4 Å². The van der Waals surface area contributed by atoms with Gasteiger partial charge >= 0.3 is 0 Å². The molecule has 1 unspecified atom stereocenters. The topological polar surface area (TPSA) is 45.2 Å². The predicted molar refractivity (Wildman–Crippen MR) is 109 cm³/mol. The van der Waals surface area contributed by atoms with Crippen LogP contribution in [0.3, 0.4) is 0 Å². The molecular weight excluding hydrogens is 334 g/mol. The highest BCUT2D eigenvalue weighted by Crippen LogP contribution is 2.32. The number of aromatic nitrogens is 1. The van der Waals surface area contributed by atoms with Crippen LogP contribution in [0.25, 0.3) is 0 Å². The number of hydrogen-bond acceptors (Lipinski definition) is 3. The van der Waals surface area contributed by atoms with Crippen LogP contribution >= 0.6 is 0 Å². The molecule has 3 aromatic rings. The van der Waals surface area contributed by atoms with Gasteiger partial charge in [-0.15, -0.1) is 0 Å². The monoisotopic (exact) mass is 357 g/mol. The second-order valence-corrected chi connectivity index (χ2v) is 7.13. The molecule has 1 atom stereocenters. The molecule has 4 nitrogen and oxygen atoms in total. The van der Waals surface area contributed by atoms with E-state index in [1.54, 1.807) is 12.3 Å². The van der Waals surface area contributed by atoms with Crippen LogP contribution < -0.4 is 10.2 Å². The third-order valence-corrected chi connectivity index (χ3v) is 4.99. The lowest BCUT2D eigenvalue weighted by Crippen LogP contribution is -2.36. The highest BCUT2D eigenvalue weighted by molar-refractivity contribution is 6.06. The maximum absolute atomic E-state index is 13.0. The van der Waals surface area contributed by atoms with Gasteiger partial charge in [-0.1, -0.05) is 48.0 Å². The number of nitrogens with one attached hydrogen (secondary N) is 1. The van der Waals surface area contributed by atoms with Crippen LogP contribution in [-0.2, 0) is 13.0 Å². The summed E-state index contributed by atoms with van der Waals surface area (Å²) in [5, 5.41) is 3.36. The number of fused-ring (bicyclic) bond motifs is 1. The van der Waals surface area contributed by atoms with Crippen LogP contribution in [-0.4, -0.2) is 16.9 Å². The first-order chi connectivity index (χ1) is 13.1. The Bertz CT molecular complexity index is 965. The summed E-state index contributed by atoms with van der Waals surface area (Å²) >= 11 is 0. The summed E-state index contributed by atoms with van der Waals surface area (Å²) in [4.78, 5) is 19.3. The van der Waals surface area contributed by atoms with Gasteiger partial charge in [0.2, 0.25) is 0 Å². The van der Waals surface area contributed by atoms with E-state index < -0.39 is 0 Å². The Morgan fingerprint density at radius 1 is 1.15 bits per heavy atom. The van der Waals surface area contributed by atoms with Crippen molar-refractivity contribution in [2.75, 3.05) is 10.2 Å². The molecular formula is C23H23N3O. The van der Waals surface area contributed by atoms with Crippen LogP contribution in [0.5, 0.6) is 0 Å². The Labute approximate surface area is 159 Å². The summed E-state index contributed by atoms with van der Waals surface area (Å²) in [6, 6.07) is 20.4. The molecule has 1 aliphatic rings. The van der Waals surface area contributed by atoms with Crippen LogP contribution in [0.15, 0.2) is 66.9 Å². The molecule has 0 radical (unpaired) electrons. The van der Waals surface area contributed by atoms with Gasteiger partial charge in [0.15, 0.2) is 0 Å². The number of amides is 1. The Hall–Kier alpha value is -3.14. The van der Waals surface area contributed by atoms with Crippen molar-refractivity contribution in [3.63, 3.8) is 0 Å². The van der Waals surface area contributed by atoms with Crippen LogP contribution in [0.2, 0.25) is 0 Å². The summed E-state index contributed by atoms with van der Waals surface area (Å²) in [5.74, 6) is -0.0438. The van der Waals surface area contributed by atoms with Crippen molar-refractivity contribution in [2.24, 2.45) is 0 Å². The fourth-order valence-electron chi connectivity index (χ4n) is 3.65. The number of hydrogen-bond donors (Lipinski definition) is 1. The molecule has 0 fully saturated rings. The quantitative estimate of drug-likeness (QED) is 0.742. The van der Waals surface area contributed by atoms with Crippen LogP contribution in [0, 0.1) is 6.92 Å². The predicted octanol–water partition coefficient (Wildman–Crippen LogP) is 4.59. The smallest absolute Gasteiger partial charge is 0.277 e. The Balaban J connectivity index is 1.47. The molecule has 136 valence electrons. The second-order valence-electron chi connectivity index (χ2n) is 7.13. The highest BCUT2D eigenvalue weighted by atomic mass is 16.2. The maximum Gasteiger partial charge on any atom is 0.277 e. The first kappa shape index (κ1) is 17.3. The normalized spacial score (nSPS) is 15.5. The number of rotatable bonds is 4. The molecule has 0 spiro atoms. The summed E-state index contributed by atoms with van der Waals surface area (Å²) in [6.07, 6.45) is 2.62. The zero-order valence-corrected chi connectivity index (χ0v) is 15.6. The number of carbonyl (C=O) groups excluding carboxylic acids is 1. The lowest BCUT2D eigenvalue weighted by molar-refractivity contribution is 0.0976.